The molecule has 0 rings (SSSR count). The number of allylic oxidation sites excluding steroid dienone is 1. The zero-order valence-electron chi connectivity index (χ0n) is 11.8. The number of rotatable bonds is 10. The summed E-state index contributed by atoms with van der Waals surface area (Å²) in [6.07, 6.45) is 10.3. The molecule has 0 aromatic heterocycles. The molecule has 0 aliphatic heterocycles. The van der Waals surface area contributed by atoms with Crippen LogP contribution in [0, 0.1) is 23.7 Å². The molecule has 0 heterocycles. The fourth-order valence-corrected chi connectivity index (χ4v) is 1.60. The Bertz CT molecular complexity index is 325. The Morgan fingerprint density at radius 3 is 2.26 bits per heavy atom. The first-order valence-electron chi connectivity index (χ1n) is 7.16. The van der Waals surface area contributed by atoms with E-state index < -0.39 is 6.10 Å². The van der Waals surface area contributed by atoms with E-state index in [-0.39, 0.29) is 6.61 Å². The van der Waals surface area contributed by atoms with Gasteiger partial charge in [-0.1, -0.05) is 43.6 Å². The van der Waals surface area contributed by atoms with Crippen LogP contribution in [0.5, 0.6) is 0 Å². The van der Waals surface area contributed by atoms with Gasteiger partial charge in [-0.05, 0) is 31.1 Å². The molecule has 0 aromatic carbocycles. The van der Waals surface area contributed by atoms with Crippen molar-refractivity contribution in [3.05, 3.63) is 12.7 Å². The molecule has 0 saturated carbocycles. The third kappa shape index (κ3) is 14.7. The van der Waals surface area contributed by atoms with Crippen LogP contribution in [0.1, 0.15) is 57.8 Å². The molecule has 2 N–H and O–H groups in total. The minimum atomic E-state index is -0.537. The highest BCUT2D eigenvalue weighted by atomic mass is 16.3. The summed E-state index contributed by atoms with van der Waals surface area (Å²) in [6, 6.07) is 0. The highest BCUT2D eigenvalue weighted by Gasteiger charge is 2.00. The van der Waals surface area contributed by atoms with Gasteiger partial charge < -0.3 is 10.2 Å². The second kappa shape index (κ2) is 14.8. The van der Waals surface area contributed by atoms with Gasteiger partial charge in [-0.15, -0.1) is 6.58 Å². The molecule has 0 unspecified atom stereocenters. The van der Waals surface area contributed by atoms with Crippen LogP contribution >= 0.6 is 0 Å². The van der Waals surface area contributed by atoms with Gasteiger partial charge in [0, 0.05) is 12.8 Å². The van der Waals surface area contributed by atoms with Crippen molar-refractivity contribution in [3.63, 3.8) is 0 Å². The Hall–Kier alpha value is -1.22. The first kappa shape index (κ1) is 17.8. The summed E-state index contributed by atoms with van der Waals surface area (Å²) in [6.45, 7) is 3.51. The average Bonchev–Trinajstić information content (AvgIpc) is 2.43. The van der Waals surface area contributed by atoms with E-state index >= 15 is 0 Å². The zero-order chi connectivity index (χ0) is 14.2. The highest BCUT2D eigenvalue weighted by Crippen LogP contribution is 2.08. The molecule has 0 spiro atoms. The van der Waals surface area contributed by atoms with Crippen LogP contribution < -0.4 is 0 Å². The highest BCUT2D eigenvalue weighted by molar-refractivity contribution is 5.25. The van der Waals surface area contributed by atoms with Crippen molar-refractivity contribution in [1.29, 1.82) is 0 Å². The predicted molar refractivity (Wildman–Crippen MR) is 80.4 cm³/mol. The number of hydrogen-bond acceptors (Lipinski definition) is 2. The van der Waals surface area contributed by atoms with E-state index in [1.807, 2.05) is 6.08 Å². The van der Waals surface area contributed by atoms with Crippen molar-refractivity contribution >= 4 is 0 Å². The molecule has 0 radical (unpaired) electrons. The first-order valence-corrected chi connectivity index (χ1v) is 7.16. The molecule has 0 saturated heterocycles. The van der Waals surface area contributed by atoms with Crippen LogP contribution in [-0.4, -0.2) is 22.9 Å². The number of hydrogen-bond donors (Lipinski definition) is 2. The zero-order valence-corrected chi connectivity index (χ0v) is 11.8. The minimum absolute atomic E-state index is 0.122. The molecule has 0 aliphatic carbocycles. The molecule has 2 heteroatoms. The van der Waals surface area contributed by atoms with Crippen molar-refractivity contribution in [1.82, 2.24) is 0 Å². The van der Waals surface area contributed by atoms with E-state index in [9.17, 15) is 0 Å². The van der Waals surface area contributed by atoms with Crippen LogP contribution in [0.2, 0.25) is 0 Å². The van der Waals surface area contributed by atoms with Crippen molar-refractivity contribution in [2.24, 2.45) is 0 Å². The smallest absolute Gasteiger partial charge is 0.0770 e. The molecule has 1 atom stereocenters. The topological polar surface area (TPSA) is 40.5 Å². The Balaban J connectivity index is 3.28. The van der Waals surface area contributed by atoms with Gasteiger partial charge in [0.05, 0.1) is 12.7 Å². The van der Waals surface area contributed by atoms with Crippen LogP contribution in [0.4, 0.5) is 0 Å². The summed E-state index contributed by atoms with van der Waals surface area (Å²) in [5.74, 6) is 11.7. The van der Waals surface area contributed by atoms with E-state index in [2.05, 4.69) is 30.3 Å². The second-order valence-corrected chi connectivity index (χ2v) is 4.57. The van der Waals surface area contributed by atoms with Gasteiger partial charge >= 0.3 is 0 Å². The SMILES string of the molecule is C=CCCC#CC#CCCCCCCC[C@@H](O)CO. The Kier molecular flexibility index (Phi) is 13.9. The maximum absolute atomic E-state index is 9.15. The number of unbranched alkanes of at least 4 members (excludes halogenated alkanes) is 6. The summed E-state index contributed by atoms with van der Waals surface area (Å²) in [5.41, 5.74) is 0. The molecule has 0 fully saturated rings. The molecular weight excluding hydrogens is 236 g/mol. The summed E-state index contributed by atoms with van der Waals surface area (Å²) in [7, 11) is 0. The lowest BCUT2D eigenvalue weighted by molar-refractivity contribution is 0.0860. The molecule has 0 aromatic rings. The van der Waals surface area contributed by atoms with Crippen LogP contribution in [0.25, 0.3) is 0 Å². The lowest BCUT2D eigenvalue weighted by Gasteiger charge is -2.05. The number of aliphatic hydroxyl groups excluding tert-OH is 2. The van der Waals surface area contributed by atoms with Gasteiger partial charge in [0.1, 0.15) is 0 Å². The Morgan fingerprint density at radius 2 is 1.58 bits per heavy atom. The minimum Gasteiger partial charge on any atom is -0.394 e. The molecule has 2 nitrogen and oxygen atoms in total. The van der Waals surface area contributed by atoms with Crippen LogP contribution in [0.15, 0.2) is 12.7 Å². The van der Waals surface area contributed by atoms with Gasteiger partial charge in [-0.3, -0.25) is 0 Å². The molecule has 0 amide bonds. The van der Waals surface area contributed by atoms with Crippen molar-refractivity contribution in [2.75, 3.05) is 6.61 Å². The van der Waals surface area contributed by atoms with Gasteiger partial charge in [0.15, 0.2) is 0 Å². The van der Waals surface area contributed by atoms with Gasteiger partial charge in [0.25, 0.3) is 0 Å². The van der Waals surface area contributed by atoms with E-state index in [4.69, 9.17) is 10.2 Å². The fraction of sp³-hybridized carbons (Fsp3) is 0.647. The Labute approximate surface area is 117 Å². The lowest BCUT2D eigenvalue weighted by atomic mass is 10.1. The normalized spacial score (nSPS) is 10.8. The lowest BCUT2D eigenvalue weighted by Crippen LogP contribution is -2.10. The molecule has 19 heavy (non-hydrogen) atoms. The summed E-state index contributed by atoms with van der Waals surface area (Å²) in [4.78, 5) is 0. The molecule has 0 bridgehead atoms. The van der Waals surface area contributed by atoms with Crippen LogP contribution in [0.3, 0.4) is 0 Å². The van der Waals surface area contributed by atoms with Crippen LogP contribution in [-0.2, 0) is 0 Å². The largest absolute Gasteiger partial charge is 0.394 e. The summed E-state index contributed by atoms with van der Waals surface area (Å²) >= 11 is 0. The molecule has 106 valence electrons. The maximum Gasteiger partial charge on any atom is 0.0770 e. The third-order valence-corrected chi connectivity index (χ3v) is 2.76. The van der Waals surface area contributed by atoms with E-state index in [1.165, 1.54) is 12.8 Å². The van der Waals surface area contributed by atoms with E-state index in [0.717, 1.165) is 38.5 Å². The molecular formula is C17H26O2. The van der Waals surface area contributed by atoms with E-state index in [0.29, 0.717) is 6.42 Å². The quantitative estimate of drug-likeness (QED) is 0.361. The number of aliphatic hydroxyl groups is 2. The second-order valence-electron chi connectivity index (χ2n) is 4.57. The summed E-state index contributed by atoms with van der Waals surface area (Å²) in [5, 5.41) is 17.8. The first-order chi connectivity index (χ1) is 9.31. The van der Waals surface area contributed by atoms with Gasteiger partial charge in [-0.2, -0.15) is 0 Å². The third-order valence-electron chi connectivity index (χ3n) is 2.76. The van der Waals surface area contributed by atoms with E-state index in [1.54, 1.807) is 0 Å². The van der Waals surface area contributed by atoms with Crippen molar-refractivity contribution in [2.45, 2.75) is 63.9 Å². The fourth-order valence-electron chi connectivity index (χ4n) is 1.60. The van der Waals surface area contributed by atoms with Crippen molar-refractivity contribution < 1.29 is 10.2 Å². The van der Waals surface area contributed by atoms with Gasteiger partial charge in [-0.25, -0.2) is 0 Å². The Morgan fingerprint density at radius 1 is 0.947 bits per heavy atom. The predicted octanol–water partition coefficient (Wildman–Crippen LogP) is 3.04. The average molecular weight is 262 g/mol. The van der Waals surface area contributed by atoms with Gasteiger partial charge in [0.2, 0.25) is 0 Å². The van der Waals surface area contributed by atoms with Crippen molar-refractivity contribution in [3.8, 4) is 23.7 Å². The maximum atomic E-state index is 9.15. The molecule has 0 aliphatic rings. The standard InChI is InChI=1S/C17H26O2/c1-2-3-4-5-6-7-8-9-10-11-12-13-14-15-17(19)16-18/h2,17-19H,1,3-4,9-16H2/t17-/m1/s1. The summed E-state index contributed by atoms with van der Waals surface area (Å²) < 4.78 is 0. The monoisotopic (exact) mass is 262 g/mol.